The van der Waals surface area contributed by atoms with Gasteiger partial charge in [-0.3, -0.25) is 9.88 Å². The Bertz CT molecular complexity index is 1410. The molecule has 4 aromatic rings. The van der Waals surface area contributed by atoms with Gasteiger partial charge in [0.2, 0.25) is 0 Å². The van der Waals surface area contributed by atoms with Gasteiger partial charge < -0.3 is 14.9 Å². The van der Waals surface area contributed by atoms with Crippen molar-refractivity contribution >= 4 is 28.8 Å². The second kappa shape index (κ2) is 13.5. The lowest BCUT2D eigenvalue weighted by Crippen LogP contribution is -2.38. The number of aromatic nitrogens is 5. The molecule has 1 atom stereocenters. The summed E-state index contributed by atoms with van der Waals surface area (Å²) < 4.78 is 71.3. The average Bonchev–Trinajstić information content (AvgIpc) is 3.58. The van der Waals surface area contributed by atoms with E-state index in [1.807, 2.05) is 40.6 Å². The number of morpholine rings is 1. The van der Waals surface area contributed by atoms with Gasteiger partial charge in [-0.25, -0.2) is 19.1 Å². The van der Waals surface area contributed by atoms with Gasteiger partial charge in [0, 0.05) is 54.4 Å². The molecule has 0 amide bonds. The number of carbonyl (C=O) groups is 2. The van der Waals surface area contributed by atoms with Crippen molar-refractivity contribution in [2.24, 2.45) is 0 Å². The smallest absolute Gasteiger partial charge is 0.475 e. The zero-order valence-electron chi connectivity index (χ0n) is 20.6. The molecule has 0 spiro atoms. The van der Waals surface area contributed by atoms with Gasteiger partial charge >= 0.3 is 24.3 Å². The first kappa shape index (κ1) is 31.4. The fourth-order valence-corrected chi connectivity index (χ4v) is 4.04. The van der Waals surface area contributed by atoms with Gasteiger partial charge in [-0.15, -0.1) is 16.4 Å². The highest BCUT2D eigenvalue weighted by Crippen LogP contribution is 2.27. The third kappa shape index (κ3) is 9.19. The van der Waals surface area contributed by atoms with Gasteiger partial charge in [0.15, 0.2) is 0 Å². The highest BCUT2D eigenvalue weighted by Gasteiger charge is 2.38. The number of aliphatic carboxylic acids is 2. The SMILES string of the molecule is O=C(O)C(F)(F)F.O=C(O)C(F)(F)F.c1cncc(-c2ccc3c(C4CN(Cc5nccs5)CCO4)nnn3c2)c1. The van der Waals surface area contributed by atoms with E-state index in [-0.39, 0.29) is 6.10 Å². The third-order valence-electron chi connectivity index (χ3n) is 5.22. The van der Waals surface area contributed by atoms with Crippen molar-refractivity contribution in [2.75, 3.05) is 19.7 Å². The summed E-state index contributed by atoms with van der Waals surface area (Å²) in [5.74, 6) is -5.51. The van der Waals surface area contributed by atoms with Crippen LogP contribution in [0, 0.1) is 0 Å². The van der Waals surface area contributed by atoms with E-state index in [9.17, 15) is 26.3 Å². The monoisotopic (exact) mass is 606 g/mol. The first-order chi connectivity index (χ1) is 19.3. The summed E-state index contributed by atoms with van der Waals surface area (Å²) in [6, 6.07) is 8.10. The van der Waals surface area contributed by atoms with E-state index in [2.05, 4.69) is 37.3 Å². The standard InChI is InChI=1S/C19H18N6OS.2C2HF3O2/c1-2-14(10-20-5-1)15-3-4-16-19(22-23-25(16)11-15)17-12-24(7-8-26-17)13-18-21-6-9-27-18;2*3-2(4,5)1(6)7/h1-6,9-11,17H,7-8,12-13H2;2*(H,6,7). The van der Waals surface area contributed by atoms with E-state index in [0.29, 0.717) is 6.61 Å². The summed E-state index contributed by atoms with van der Waals surface area (Å²) in [6.45, 7) is 3.23. The Balaban J connectivity index is 0.000000276. The minimum absolute atomic E-state index is 0.0829. The largest absolute Gasteiger partial charge is 0.490 e. The molecule has 4 aromatic heterocycles. The highest BCUT2D eigenvalue weighted by molar-refractivity contribution is 7.09. The van der Waals surface area contributed by atoms with Crippen LogP contribution < -0.4 is 0 Å². The van der Waals surface area contributed by atoms with Gasteiger partial charge in [0.25, 0.3) is 0 Å². The minimum Gasteiger partial charge on any atom is -0.475 e. The van der Waals surface area contributed by atoms with Crippen molar-refractivity contribution in [3.63, 3.8) is 0 Å². The number of nitrogens with zero attached hydrogens (tertiary/aromatic N) is 6. The molecule has 0 bridgehead atoms. The topological polar surface area (TPSA) is 143 Å². The fraction of sp³-hybridized carbons (Fsp3) is 0.304. The molecule has 1 aliphatic heterocycles. The molecule has 2 N–H and O–H groups in total. The molecule has 1 saturated heterocycles. The predicted octanol–water partition coefficient (Wildman–Crippen LogP) is 4.09. The molecule has 0 saturated carbocycles. The van der Waals surface area contributed by atoms with E-state index in [1.165, 1.54) is 0 Å². The number of rotatable bonds is 4. The number of hydrogen-bond acceptors (Lipinski definition) is 9. The maximum Gasteiger partial charge on any atom is 0.490 e. The average molecular weight is 607 g/mol. The summed E-state index contributed by atoms with van der Waals surface area (Å²) in [5.41, 5.74) is 3.97. The fourth-order valence-electron chi connectivity index (χ4n) is 3.38. The molecule has 0 aromatic carbocycles. The number of ether oxygens (including phenoxy) is 1. The minimum atomic E-state index is -5.08. The van der Waals surface area contributed by atoms with Gasteiger partial charge in [0.1, 0.15) is 16.8 Å². The van der Waals surface area contributed by atoms with E-state index in [1.54, 1.807) is 17.5 Å². The lowest BCUT2D eigenvalue weighted by Gasteiger charge is -2.31. The summed E-state index contributed by atoms with van der Waals surface area (Å²) in [5, 5.41) is 26.1. The second-order valence-corrected chi connectivity index (χ2v) is 9.07. The number of thiazole rings is 1. The molecular formula is C23H20F6N6O5S. The number of carboxylic acid groups (broad SMARTS) is 2. The molecule has 41 heavy (non-hydrogen) atoms. The van der Waals surface area contributed by atoms with Crippen molar-refractivity contribution in [3.05, 3.63) is 65.1 Å². The predicted molar refractivity (Wildman–Crippen MR) is 130 cm³/mol. The van der Waals surface area contributed by atoms with Gasteiger partial charge in [-0.2, -0.15) is 26.3 Å². The number of fused-ring (bicyclic) bond motifs is 1. The Labute approximate surface area is 230 Å². The van der Waals surface area contributed by atoms with Gasteiger partial charge in [0.05, 0.1) is 18.7 Å². The molecule has 18 heteroatoms. The maximum atomic E-state index is 10.6. The Hall–Kier alpha value is -4.16. The Kier molecular flexibility index (Phi) is 10.3. The van der Waals surface area contributed by atoms with Crippen molar-refractivity contribution < 1.29 is 50.9 Å². The van der Waals surface area contributed by atoms with Crippen LogP contribution in [-0.2, 0) is 20.9 Å². The molecule has 1 unspecified atom stereocenters. The number of halogens is 6. The molecule has 11 nitrogen and oxygen atoms in total. The summed E-state index contributed by atoms with van der Waals surface area (Å²) in [4.78, 5) is 28.7. The molecular weight excluding hydrogens is 586 g/mol. The molecule has 5 rings (SSSR count). The number of pyridine rings is 2. The van der Waals surface area contributed by atoms with Gasteiger partial charge in [-0.05, 0) is 12.1 Å². The number of hydrogen-bond donors (Lipinski definition) is 2. The Morgan fingerprint density at radius 2 is 1.71 bits per heavy atom. The normalized spacial score (nSPS) is 15.8. The second-order valence-electron chi connectivity index (χ2n) is 8.09. The van der Waals surface area contributed by atoms with E-state index >= 15 is 0 Å². The first-order valence-electron chi connectivity index (χ1n) is 11.3. The van der Waals surface area contributed by atoms with Crippen LogP contribution in [-0.4, -0.2) is 83.9 Å². The van der Waals surface area contributed by atoms with Crippen LogP contribution in [0.4, 0.5) is 26.3 Å². The van der Waals surface area contributed by atoms with Crippen molar-refractivity contribution in [2.45, 2.75) is 25.0 Å². The van der Waals surface area contributed by atoms with E-state index in [0.717, 1.165) is 47.0 Å². The van der Waals surface area contributed by atoms with Crippen molar-refractivity contribution in [1.29, 1.82) is 0 Å². The lowest BCUT2D eigenvalue weighted by atomic mass is 10.1. The van der Waals surface area contributed by atoms with Crippen molar-refractivity contribution in [1.82, 2.24) is 29.7 Å². The third-order valence-corrected chi connectivity index (χ3v) is 5.98. The van der Waals surface area contributed by atoms with Crippen LogP contribution in [0.5, 0.6) is 0 Å². The molecule has 1 aliphatic rings. The lowest BCUT2D eigenvalue weighted by molar-refractivity contribution is -0.193. The quantitative estimate of drug-likeness (QED) is 0.326. The van der Waals surface area contributed by atoms with Crippen LogP contribution >= 0.6 is 11.3 Å². The summed E-state index contributed by atoms with van der Waals surface area (Å²) in [6.07, 6.45) is -2.79. The highest BCUT2D eigenvalue weighted by atomic mass is 32.1. The van der Waals surface area contributed by atoms with Crippen LogP contribution in [0.25, 0.3) is 16.6 Å². The molecule has 0 radical (unpaired) electrons. The zero-order valence-corrected chi connectivity index (χ0v) is 21.4. The van der Waals surface area contributed by atoms with Crippen LogP contribution in [0.2, 0.25) is 0 Å². The molecule has 5 heterocycles. The Morgan fingerprint density at radius 1 is 1.02 bits per heavy atom. The van der Waals surface area contributed by atoms with Crippen LogP contribution in [0.15, 0.2) is 54.4 Å². The number of carboxylic acids is 2. The van der Waals surface area contributed by atoms with Crippen molar-refractivity contribution in [3.8, 4) is 11.1 Å². The first-order valence-corrected chi connectivity index (χ1v) is 12.2. The molecule has 0 aliphatic carbocycles. The number of alkyl halides is 6. The van der Waals surface area contributed by atoms with Crippen LogP contribution in [0.1, 0.15) is 16.8 Å². The molecule has 1 fully saturated rings. The van der Waals surface area contributed by atoms with E-state index in [4.69, 9.17) is 24.5 Å². The molecule has 220 valence electrons. The van der Waals surface area contributed by atoms with Gasteiger partial charge in [-0.1, -0.05) is 17.3 Å². The van der Waals surface area contributed by atoms with E-state index < -0.39 is 24.3 Å². The zero-order chi connectivity index (χ0) is 30.2. The maximum absolute atomic E-state index is 10.6. The summed E-state index contributed by atoms with van der Waals surface area (Å²) >= 11 is 1.69. The Morgan fingerprint density at radius 3 is 2.27 bits per heavy atom. The summed E-state index contributed by atoms with van der Waals surface area (Å²) in [7, 11) is 0. The van der Waals surface area contributed by atoms with Crippen LogP contribution in [0.3, 0.4) is 0 Å².